The van der Waals surface area contributed by atoms with Crippen LogP contribution in [0.5, 0.6) is 17.2 Å². The third-order valence-electron chi connectivity index (χ3n) is 2.13. The van der Waals surface area contributed by atoms with Crippen molar-refractivity contribution in [1.29, 1.82) is 0 Å². The van der Waals surface area contributed by atoms with Gasteiger partial charge in [0.05, 0.1) is 7.11 Å². The maximum absolute atomic E-state index is 10.7. The molecule has 5 nitrogen and oxygen atoms in total. The Morgan fingerprint density at radius 3 is 2.47 bits per heavy atom. The molecular formula is C10H12O5. The molecule has 82 valence electrons. The molecule has 0 saturated carbocycles. The van der Waals surface area contributed by atoms with Gasteiger partial charge in [0.25, 0.3) is 0 Å². The first-order chi connectivity index (χ1) is 7.02. The summed E-state index contributed by atoms with van der Waals surface area (Å²) in [7, 11) is 1.38. The zero-order valence-electron chi connectivity index (χ0n) is 8.44. The fraction of sp³-hybridized carbons (Fsp3) is 0.300. The maximum atomic E-state index is 10.7. The summed E-state index contributed by atoms with van der Waals surface area (Å²) in [4.78, 5) is 10.7. The highest BCUT2D eigenvalue weighted by atomic mass is 16.5. The van der Waals surface area contributed by atoms with E-state index in [1.54, 1.807) is 6.92 Å². The number of methoxy groups -OCH3 is 1. The lowest BCUT2D eigenvalue weighted by Crippen LogP contribution is -2.01. The van der Waals surface area contributed by atoms with Crippen LogP contribution < -0.4 is 4.74 Å². The van der Waals surface area contributed by atoms with Crippen molar-refractivity contribution in [3.05, 3.63) is 17.2 Å². The number of carboxylic acid groups (broad SMARTS) is 1. The summed E-state index contributed by atoms with van der Waals surface area (Å²) in [6.07, 6.45) is 0.412. The molecule has 1 aromatic rings. The van der Waals surface area contributed by atoms with E-state index < -0.39 is 23.0 Å². The summed E-state index contributed by atoms with van der Waals surface area (Å²) in [6.45, 7) is 1.75. The van der Waals surface area contributed by atoms with E-state index in [1.807, 2.05) is 0 Å². The number of hydrogen-bond donors (Lipinski definition) is 3. The van der Waals surface area contributed by atoms with Crippen LogP contribution >= 0.6 is 0 Å². The lowest BCUT2D eigenvalue weighted by molar-refractivity contribution is 0.0690. The zero-order chi connectivity index (χ0) is 11.6. The van der Waals surface area contributed by atoms with Crippen molar-refractivity contribution >= 4 is 5.97 Å². The summed E-state index contributed by atoms with van der Waals surface area (Å²) in [5.41, 5.74) is -0.125. The van der Waals surface area contributed by atoms with Crippen molar-refractivity contribution in [2.45, 2.75) is 13.3 Å². The molecule has 0 atom stereocenters. The molecule has 0 amide bonds. The second-order valence-corrected chi connectivity index (χ2v) is 2.96. The van der Waals surface area contributed by atoms with E-state index in [2.05, 4.69) is 0 Å². The van der Waals surface area contributed by atoms with Crippen molar-refractivity contribution in [3.8, 4) is 17.2 Å². The Bertz CT molecular complexity index is 397. The van der Waals surface area contributed by atoms with Crippen LogP contribution in [-0.2, 0) is 6.42 Å². The lowest BCUT2D eigenvalue weighted by Gasteiger charge is -2.12. The first-order valence-electron chi connectivity index (χ1n) is 4.38. The minimum Gasteiger partial charge on any atom is -0.507 e. The van der Waals surface area contributed by atoms with Gasteiger partial charge in [0, 0.05) is 11.6 Å². The predicted molar refractivity (Wildman–Crippen MR) is 52.7 cm³/mol. The third-order valence-corrected chi connectivity index (χ3v) is 2.13. The van der Waals surface area contributed by atoms with Gasteiger partial charge >= 0.3 is 5.97 Å². The minimum absolute atomic E-state index is 0.275. The van der Waals surface area contributed by atoms with E-state index in [4.69, 9.17) is 9.84 Å². The molecule has 0 aliphatic carbocycles. The second kappa shape index (κ2) is 4.08. The van der Waals surface area contributed by atoms with Gasteiger partial charge in [0.15, 0.2) is 0 Å². The fourth-order valence-electron chi connectivity index (χ4n) is 1.41. The van der Waals surface area contributed by atoms with E-state index in [9.17, 15) is 15.0 Å². The van der Waals surface area contributed by atoms with Crippen LogP contribution in [0.25, 0.3) is 0 Å². The van der Waals surface area contributed by atoms with Crippen molar-refractivity contribution in [2.24, 2.45) is 0 Å². The molecule has 1 rings (SSSR count). The summed E-state index contributed by atoms with van der Waals surface area (Å²) in [5.74, 6) is -2.05. The molecule has 0 aliphatic rings. The van der Waals surface area contributed by atoms with Crippen LogP contribution in [0.3, 0.4) is 0 Å². The van der Waals surface area contributed by atoms with E-state index in [1.165, 1.54) is 13.2 Å². The number of aromatic hydroxyl groups is 2. The monoisotopic (exact) mass is 212 g/mol. The average Bonchev–Trinajstić information content (AvgIpc) is 2.16. The number of phenols is 2. The Kier molecular flexibility index (Phi) is 3.04. The highest BCUT2D eigenvalue weighted by Crippen LogP contribution is 2.37. The molecule has 0 spiro atoms. The van der Waals surface area contributed by atoms with Crippen LogP contribution in [0, 0.1) is 0 Å². The standard InChI is InChI=1S/C10H12O5/c1-3-5-7(15-2)4-6(11)8(9(5)12)10(13)14/h4,11-12H,3H2,1-2H3,(H,13,14). The van der Waals surface area contributed by atoms with Gasteiger partial charge < -0.3 is 20.1 Å². The van der Waals surface area contributed by atoms with Gasteiger partial charge in [-0.1, -0.05) is 6.92 Å². The number of carbonyl (C=O) groups is 1. The highest BCUT2D eigenvalue weighted by Gasteiger charge is 2.21. The van der Waals surface area contributed by atoms with Gasteiger partial charge in [0.2, 0.25) is 0 Å². The van der Waals surface area contributed by atoms with E-state index in [0.29, 0.717) is 12.0 Å². The topological polar surface area (TPSA) is 87.0 Å². The number of hydrogen-bond acceptors (Lipinski definition) is 4. The number of rotatable bonds is 3. The smallest absolute Gasteiger partial charge is 0.343 e. The van der Waals surface area contributed by atoms with Gasteiger partial charge in [-0.3, -0.25) is 0 Å². The van der Waals surface area contributed by atoms with E-state index in [-0.39, 0.29) is 5.75 Å². The first kappa shape index (κ1) is 11.2. The van der Waals surface area contributed by atoms with Crippen LogP contribution in [0.15, 0.2) is 6.07 Å². The Morgan fingerprint density at radius 2 is 2.07 bits per heavy atom. The van der Waals surface area contributed by atoms with Gasteiger partial charge in [-0.2, -0.15) is 0 Å². The molecule has 5 heteroatoms. The molecule has 0 bridgehead atoms. The Hall–Kier alpha value is -1.91. The molecule has 0 fully saturated rings. The van der Waals surface area contributed by atoms with E-state index >= 15 is 0 Å². The average molecular weight is 212 g/mol. The third kappa shape index (κ3) is 1.81. The molecular weight excluding hydrogens is 200 g/mol. The normalized spacial score (nSPS) is 10.0. The van der Waals surface area contributed by atoms with E-state index in [0.717, 1.165) is 0 Å². The highest BCUT2D eigenvalue weighted by molar-refractivity contribution is 5.95. The van der Waals surface area contributed by atoms with Crippen LogP contribution in [-0.4, -0.2) is 28.4 Å². The number of benzene rings is 1. The number of carboxylic acids is 1. The zero-order valence-corrected chi connectivity index (χ0v) is 8.44. The maximum Gasteiger partial charge on any atom is 0.343 e. The summed E-state index contributed by atoms with van der Waals surface area (Å²) < 4.78 is 4.92. The molecule has 0 radical (unpaired) electrons. The summed E-state index contributed by atoms with van der Waals surface area (Å²) in [5, 5.41) is 27.8. The second-order valence-electron chi connectivity index (χ2n) is 2.96. The van der Waals surface area contributed by atoms with Crippen LogP contribution in [0.2, 0.25) is 0 Å². The number of ether oxygens (including phenoxy) is 1. The van der Waals surface area contributed by atoms with Crippen molar-refractivity contribution in [1.82, 2.24) is 0 Å². The number of aromatic carboxylic acids is 1. The molecule has 3 N–H and O–H groups in total. The molecule has 0 aromatic heterocycles. The van der Waals surface area contributed by atoms with Gasteiger partial charge in [-0.25, -0.2) is 4.79 Å². The molecule has 1 aromatic carbocycles. The van der Waals surface area contributed by atoms with Crippen LogP contribution in [0.4, 0.5) is 0 Å². The molecule has 0 heterocycles. The first-order valence-corrected chi connectivity index (χ1v) is 4.38. The minimum atomic E-state index is -1.37. The largest absolute Gasteiger partial charge is 0.507 e. The van der Waals surface area contributed by atoms with Gasteiger partial charge in [-0.05, 0) is 6.42 Å². The van der Waals surface area contributed by atoms with Crippen molar-refractivity contribution in [3.63, 3.8) is 0 Å². The Balaban J connectivity index is 3.51. The SMILES string of the molecule is CCc1c(OC)cc(O)c(C(=O)O)c1O. The van der Waals surface area contributed by atoms with Gasteiger partial charge in [0.1, 0.15) is 22.8 Å². The molecule has 0 unspecified atom stereocenters. The molecule has 0 aliphatic heterocycles. The summed E-state index contributed by atoms with van der Waals surface area (Å²) in [6, 6.07) is 1.18. The Labute approximate surface area is 86.5 Å². The van der Waals surface area contributed by atoms with Crippen molar-refractivity contribution in [2.75, 3.05) is 7.11 Å². The predicted octanol–water partition coefficient (Wildman–Crippen LogP) is 1.37. The summed E-state index contributed by atoms with van der Waals surface area (Å²) >= 11 is 0. The Morgan fingerprint density at radius 1 is 1.47 bits per heavy atom. The quantitative estimate of drug-likeness (QED) is 0.704. The fourth-order valence-corrected chi connectivity index (χ4v) is 1.41. The molecule has 0 saturated heterocycles. The lowest BCUT2D eigenvalue weighted by atomic mass is 10.0. The molecule has 15 heavy (non-hydrogen) atoms. The van der Waals surface area contributed by atoms with Crippen LogP contribution in [0.1, 0.15) is 22.8 Å². The van der Waals surface area contributed by atoms with Gasteiger partial charge in [-0.15, -0.1) is 0 Å². The van der Waals surface area contributed by atoms with Crippen molar-refractivity contribution < 1.29 is 24.9 Å².